The molecule has 1 heterocycles. The number of aliphatic hydroxyl groups is 1. The largest absolute Gasteiger partial charge is 0.395 e. The average Bonchev–Trinajstić information content (AvgIpc) is 2.74. The van der Waals surface area contributed by atoms with Crippen LogP contribution >= 0.6 is 0 Å². The molecule has 1 aliphatic carbocycles. The molecule has 1 N–H and O–H groups in total. The van der Waals surface area contributed by atoms with Gasteiger partial charge in [-0.25, -0.2) is 0 Å². The number of hydrogen-bond donors (Lipinski definition) is 1. The van der Waals surface area contributed by atoms with Crippen LogP contribution in [0.15, 0.2) is 0 Å². The summed E-state index contributed by atoms with van der Waals surface area (Å²) >= 11 is 0. The molecule has 88 valence electrons. The lowest BCUT2D eigenvalue weighted by Gasteiger charge is -2.35. The second kappa shape index (κ2) is 5.83. The maximum Gasteiger partial charge on any atom is 0.0558 e. The van der Waals surface area contributed by atoms with Gasteiger partial charge in [0.15, 0.2) is 0 Å². The molecule has 3 nitrogen and oxygen atoms in total. The van der Waals surface area contributed by atoms with E-state index in [4.69, 9.17) is 5.11 Å². The van der Waals surface area contributed by atoms with E-state index in [9.17, 15) is 0 Å². The van der Waals surface area contributed by atoms with Crippen LogP contribution in [0.5, 0.6) is 0 Å². The average molecular weight is 212 g/mol. The third-order valence-electron chi connectivity index (χ3n) is 3.87. The number of aliphatic hydroxyl groups excluding tert-OH is 1. The summed E-state index contributed by atoms with van der Waals surface area (Å²) in [6.07, 6.45) is 5.82. The molecule has 2 fully saturated rings. The minimum absolute atomic E-state index is 0.308. The summed E-state index contributed by atoms with van der Waals surface area (Å²) in [4.78, 5) is 4.98. The number of β-amino-alcohol motifs (C(OH)–C–C–N with tert-alkyl or cyclic N) is 1. The summed E-state index contributed by atoms with van der Waals surface area (Å²) in [6, 6.07) is 0. The van der Waals surface area contributed by atoms with Gasteiger partial charge in [-0.2, -0.15) is 0 Å². The van der Waals surface area contributed by atoms with Crippen molar-refractivity contribution in [1.29, 1.82) is 0 Å². The van der Waals surface area contributed by atoms with Crippen molar-refractivity contribution in [2.75, 3.05) is 45.9 Å². The first kappa shape index (κ1) is 11.4. The van der Waals surface area contributed by atoms with Crippen LogP contribution in [0.1, 0.15) is 25.7 Å². The number of nitrogens with zero attached hydrogens (tertiary/aromatic N) is 2. The highest BCUT2D eigenvalue weighted by atomic mass is 16.3. The van der Waals surface area contributed by atoms with Crippen LogP contribution in [0.4, 0.5) is 0 Å². The first-order valence-electron chi connectivity index (χ1n) is 6.44. The molecule has 2 rings (SSSR count). The summed E-state index contributed by atoms with van der Waals surface area (Å²) in [5.41, 5.74) is 0. The Kier molecular flexibility index (Phi) is 4.42. The lowest BCUT2D eigenvalue weighted by molar-refractivity contribution is 0.102. The van der Waals surface area contributed by atoms with Gasteiger partial charge in [-0.3, -0.25) is 4.90 Å². The van der Waals surface area contributed by atoms with Gasteiger partial charge < -0.3 is 10.0 Å². The molecule has 0 aromatic heterocycles. The van der Waals surface area contributed by atoms with Gasteiger partial charge in [0.2, 0.25) is 0 Å². The summed E-state index contributed by atoms with van der Waals surface area (Å²) in [6.45, 7) is 7.19. The molecule has 1 saturated carbocycles. The van der Waals surface area contributed by atoms with Crippen LogP contribution in [0.2, 0.25) is 0 Å². The molecule has 0 atom stereocenters. The Morgan fingerprint density at radius 1 is 0.933 bits per heavy atom. The Morgan fingerprint density at radius 3 is 2.13 bits per heavy atom. The topological polar surface area (TPSA) is 26.7 Å². The van der Waals surface area contributed by atoms with E-state index in [1.807, 2.05) is 0 Å². The molecule has 0 radical (unpaired) electrons. The predicted molar refractivity (Wildman–Crippen MR) is 61.9 cm³/mol. The molecule has 3 heteroatoms. The van der Waals surface area contributed by atoms with Crippen molar-refractivity contribution in [3.05, 3.63) is 0 Å². The van der Waals surface area contributed by atoms with Crippen LogP contribution < -0.4 is 0 Å². The zero-order valence-electron chi connectivity index (χ0n) is 9.70. The van der Waals surface area contributed by atoms with Crippen molar-refractivity contribution in [2.24, 2.45) is 5.92 Å². The van der Waals surface area contributed by atoms with Gasteiger partial charge in [-0.05, 0) is 18.8 Å². The lowest BCUT2D eigenvalue weighted by Crippen LogP contribution is -2.48. The molecular weight excluding hydrogens is 188 g/mol. The van der Waals surface area contributed by atoms with Gasteiger partial charge in [0.05, 0.1) is 6.61 Å². The highest BCUT2D eigenvalue weighted by Gasteiger charge is 2.21. The van der Waals surface area contributed by atoms with Gasteiger partial charge in [-0.15, -0.1) is 0 Å². The highest BCUT2D eigenvalue weighted by molar-refractivity contribution is 4.76. The van der Waals surface area contributed by atoms with Gasteiger partial charge in [-0.1, -0.05) is 12.8 Å². The van der Waals surface area contributed by atoms with E-state index < -0.39 is 0 Å². The fourth-order valence-electron chi connectivity index (χ4n) is 2.89. The summed E-state index contributed by atoms with van der Waals surface area (Å²) < 4.78 is 0. The van der Waals surface area contributed by atoms with Crippen molar-refractivity contribution >= 4 is 0 Å². The third-order valence-corrected chi connectivity index (χ3v) is 3.87. The SMILES string of the molecule is OCCN1CCN(CC2CCCC2)CC1. The first-order valence-corrected chi connectivity index (χ1v) is 6.44. The van der Waals surface area contributed by atoms with Crippen LogP contribution in [0.3, 0.4) is 0 Å². The monoisotopic (exact) mass is 212 g/mol. The summed E-state index contributed by atoms with van der Waals surface area (Å²) in [5, 5.41) is 8.86. The summed E-state index contributed by atoms with van der Waals surface area (Å²) in [5.74, 6) is 0.981. The van der Waals surface area contributed by atoms with Gasteiger partial charge in [0, 0.05) is 39.3 Å². The van der Waals surface area contributed by atoms with E-state index in [0.717, 1.165) is 25.6 Å². The molecule has 0 aromatic carbocycles. The highest BCUT2D eigenvalue weighted by Crippen LogP contribution is 2.25. The van der Waals surface area contributed by atoms with Crippen molar-refractivity contribution in [3.63, 3.8) is 0 Å². The number of piperazine rings is 1. The van der Waals surface area contributed by atoms with Crippen molar-refractivity contribution < 1.29 is 5.11 Å². The zero-order valence-corrected chi connectivity index (χ0v) is 9.70. The quantitative estimate of drug-likeness (QED) is 0.746. The zero-order chi connectivity index (χ0) is 10.5. The lowest BCUT2D eigenvalue weighted by atomic mass is 10.1. The second-order valence-electron chi connectivity index (χ2n) is 5.02. The smallest absolute Gasteiger partial charge is 0.0558 e. The fraction of sp³-hybridized carbons (Fsp3) is 1.00. The van der Waals surface area contributed by atoms with Crippen LogP contribution in [-0.4, -0.2) is 60.8 Å². The molecule has 0 bridgehead atoms. The van der Waals surface area contributed by atoms with E-state index in [1.54, 1.807) is 0 Å². The van der Waals surface area contributed by atoms with Crippen LogP contribution in [0, 0.1) is 5.92 Å². The molecule has 0 unspecified atom stereocenters. The molecule has 0 amide bonds. The van der Waals surface area contributed by atoms with E-state index in [1.165, 1.54) is 45.3 Å². The second-order valence-corrected chi connectivity index (χ2v) is 5.02. The first-order chi connectivity index (χ1) is 7.38. The molecule has 0 spiro atoms. The molecular formula is C12H24N2O. The Labute approximate surface area is 93.1 Å². The molecule has 15 heavy (non-hydrogen) atoms. The maximum atomic E-state index is 8.86. The van der Waals surface area contributed by atoms with Crippen molar-refractivity contribution in [2.45, 2.75) is 25.7 Å². The Hall–Kier alpha value is -0.120. The van der Waals surface area contributed by atoms with Crippen molar-refractivity contribution in [3.8, 4) is 0 Å². The van der Waals surface area contributed by atoms with E-state index in [-0.39, 0.29) is 0 Å². The van der Waals surface area contributed by atoms with Gasteiger partial charge in [0.25, 0.3) is 0 Å². The van der Waals surface area contributed by atoms with Crippen molar-refractivity contribution in [1.82, 2.24) is 9.80 Å². The molecule has 2 aliphatic rings. The predicted octanol–water partition coefficient (Wildman–Crippen LogP) is 0.786. The van der Waals surface area contributed by atoms with E-state index in [2.05, 4.69) is 9.80 Å². The summed E-state index contributed by atoms with van der Waals surface area (Å²) in [7, 11) is 0. The standard InChI is InChI=1S/C12H24N2O/c15-10-9-13-5-7-14(8-6-13)11-12-3-1-2-4-12/h12,15H,1-11H2. The minimum Gasteiger partial charge on any atom is -0.395 e. The Morgan fingerprint density at radius 2 is 1.53 bits per heavy atom. The molecule has 1 aliphatic heterocycles. The fourth-order valence-corrected chi connectivity index (χ4v) is 2.89. The normalized spacial score (nSPS) is 26.2. The van der Waals surface area contributed by atoms with Crippen LogP contribution in [-0.2, 0) is 0 Å². The third kappa shape index (κ3) is 3.44. The van der Waals surface area contributed by atoms with Crippen LogP contribution in [0.25, 0.3) is 0 Å². The Bertz CT molecular complexity index is 172. The van der Waals surface area contributed by atoms with Gasteiger partial charge >= 0.3 is 0 Å². The molecule has 0 aromatic rings. The molecule has 1 saturated heterocycles. The number of rotatable bonds is 4. The minimum atomic E-state index is 0.308. The van der Waals surface area contributed by atoms with E-state index in [0.29, 0.717) is 6.61 Å². The Balaban J connectivity index is 1.64. The maximum absolute atomic E-state index is 8.86. The van der Waals surface area contributed by atoms with Gasteiger partial charge in [0.1, 0.15) is 0 Å². The van der Waals surface area contributed by atoms with E-state index >= 15 is 0 Å². The number of hydrogen-bond acceptors (Lipinski definition) is 3.